The summed E-state index contributed by atoms with van der Waals surface area (Å²) in [7, 11) is 1.82. The lowest BCUT2D eigenvalue weighted by molar-refractivity contribution is 0.579. The average Bonchev–Trinajstić information content (AvgIpc) is 3.01. The fourth-order valence-corrected chi connectivity index (χ4v) is 1.98. The van der Waals surface area contributed by atoms with E-state index in [1.165, 1.54) is 0 Å². The second-order valence-electron chi connectivity index (χ2n) is 4.15. The van der Waals surface area contributed by atoms with Crippen molar-refractivity contribution in [2.45, 2.75) is 6.92 Å². The van der Waals surface area contributed by atoms with Crippen LogP contribution in [0.4, 0.5) is 0 Å². The second-order valence-corrected chi connectivity index (χ2v) is 4.53. The Labute approximate surface area is 114 Å². The molecule has 0 unspecified atom stereocenters. The number of halogens is 1. The minimum Gasteiger partial charge on any atom is -0.414 e. The van der Waals surface area contributed by atoms with Gasteiger partial charge >= 0.3 is 0 Å². The third kappa shape index (κ3) is 2.02. The predicted octanol–water partition coefficient (Wildman–Crippen LogP) is 3.10. The minimum absolute atomic E-state index is 0.326. The van der Waals surface area contributed by atoms with E-state index in [0.29, 0.717) is 22.5 Å². The van der Waals surface area contributed by atoms with Gasteiger partial charge in [-0.3, -0.25) is 4.68 Å². The van der Waals surface area contributed by atoms with Crippen LogP contribution in [0, 0.1) is 6.92 Å². The Morgan fingerprint density at radius 2 is 1.79 bits per heavy atom. The molecule has 0 atom stereocenters. The van der Waals surface area contributed by atoms with Gasteiger partial charge in [0.1, 0.15) is 0 Å². The standard InChI is InChI=1S/C13H11ClN4O/c1-8-10(14)11(17-18(8)2)13-16-15-12(19-13)9-6-4-3-5-7-9/h3-7H,1-2H3. The lowest BCUT2D eigenvalue weighted by Crippen LogP contribution is -1.92. The summed E-state index contributed by atoms with van der Waals surface area (Å²) in [6.07, 6.45) is 0. The molecule has 0 spiro atoms. The van der Waals surface area contributed by atoms with Crippen LogP contribution in [-0.2, 0) is 7.05 Å². The van der Waals surface area contributed by atoms with Crippen molar-refractivity contribution in [3.8, 4) is 23.0 Å². The number of rotatable bonds is 2. The lowest BCUT2D eigenvalue weighted by Gasteiger charge is -1.92. The number of hydrogen-bond donors (Lipinski definition) is 0. The van der Waals surface area contributed by atoms with Gasteiger partial charge in [-0.05, 0) is 19.1 Å². The molecular formula is C13H11ClN4O. The Morgan fingerprint density at radius 3 is 2.42 bits per heavy atom. The zero-order valence-electron chi connectivity index (χ0n) is 10.5. The molecular weight excluding hydrogens is 264 g/mol. The van der Waals surface area contributed by atoms with E-state index in [9.17, 15) is 0 Å². The number of nitrogens with zero attached hydrogens (tertiary/aromatic N) is 4. The van der Waals surface area contributed by atoms with Gasteiger partial charge < -0.3 is 4.42 Å². The van der Waals surface area contributed by atoms with Crippen LogP contribution in [0.2, 0.25) is 5.02 Å². The van der Waals surface area contributed by atoms with Gasteiger partial charge in [0.05, 0.1) is 10.7 Å². The summed E-state index contributed by atoms with van der Waals surface area (Å²) in [6.45, 7) is 1.88. The van der Waals surface area contributed by atoms with Crippen molar-refractivity contribution in [1.29, 1.82) is 0 Å². The second kappa shape index (κ2) is 4.51. The minimum atomic E-state index is 0.326. The molecule has 0 aliphatic rings. The van der Waals surface area contributed by atoms with Crippen molar-refractivity contribution in [2.75, 3.05) is 0 Å². The van der Waals surface area contributed by atoms with Gasteiger partial charge in [0, 0.05) is 12.6 Å². The zero-order chi connectivity index (χ0) is 13.4. The van der Waals surface area contributed by atoms with E-state index >= 15 is 0 Å². The molecule has 0 N–H and O–H groups in total. The predicted molar refractivity (Wildman–Crippen MR) is 71.7 cm³/mol. The number of benzene rings is 1. The molecule has 0 aliphatic carbocycles. The molecule has 3 rings (SSSR count). The highest BCUT2D eigenvalue weighted by Crippen LogP contribution is 2.30. The Kier molecular flexibility index (Phi) is 2.83. The van der Waals surface area contributed by atoms with E-state index in [2.05, 4.69) is 15.3 Å². The molecule has 1 aromatic carbocycles. The van der Waals surface area contributed by atoms with Crippen molar-refractivity contribution < 1.29 is 4.42 Å². The molecule has 0 aliphatic heterocycles. The van der Waals surface area contributed by atoms with Crippen LogP contribution in [0.1, 0.15) is 5.69 Å². The number of hydrogen-bond acceptors (Lipinski definition) is 4. The average molecular weight is 275 g/mol. The largest absolute Gasteiger partial charge is 0.414 e. The SMILES string of the molecule is Cc1c(Cl)c(-c2nnc(-c3ccccc3)o2)nn1C. The van der Waals surface area contributed by atoms with Crippen LogP contribution < -0.4 is 0 Å². The molecule has 6 heteroatoms. The van der Waals surface area contributed by atoms with Crippen molar-refractivity contribution in [3.05, 3.63) is 41.0 Å². The third-order valence-electron chi connectivity index (χ3n) is 2.91. The zero-order valence-corrected chi connectivity index (χ0v) is 11.2. The molecule has 0 saturated carbocycles. The normalized spacial score (nSPS) is 10.9. The summed E-state index contributed by atoms with van der Waals surface area (Å²) in [5, 5.41) is 12.8. The van der Waals surface area contributed by atoms with Gasteiger partial charge in [-0.2, -0.15) is 5.10 Å². The summed E-state index contributed by atoms with van der Waals surface area (Å²) in [5.41, 5.74) is 2.23. The Balaban J connectivity index is 2.04. The van der Waals surface area contributed by atoms with Crippen molar-refractivity contribution in [3.63, 3.8) is 0 Å². The van der Waals surface area contributed by atoms with E-state index in [1.807, 2.05) is 44.3 Å². The highest BCUT2D eigenvalue weighted by atomic mass is 35.5. The molecule has 3 aromatic rings. The molecule has 2 aromatic heterocycles. The number of aryl methyl sites for hydroxylation is 1. The molecule has 19 heavy (non-hydrogen) atoms. The van der Waals surface area contributed by atoms with Gasteiger partial charge in [0.2, 0.25) is 5.89 Å². The van der Waals surface area contributed by atoms with E-state index in [4.69, 9.17) is 16.0 Å². The Morgan fingerprint density at radius 1 is 1.11 bits per heavy atom. The van der Waals surface area contributed by atoms with Crippen LogP contribution >= 0.6 is 11.6 Å². The summed E-state index contributed by atoms with van der Waals surface area (Å²) >= 11 is 6.19. The van der Waals surface area contributed by atoms with Crippen LogP contribution in [0.25, 0.3) is 23.0 Å². The molecule has 96 valence electrons. The van der Waals surface area contributed by atoms with E-state index in [-0.39, 0.29) is 0 Å². The maximum absolute atomic E-state index is 6.19. The Bertz CT molecular complexity index is 718. The van der Waals surface area contributed by atoms with Crippen molar-refractivity contribution in [2.24, 2.45) is 7.05 Å². The first-order chi connectivity index (χ1) is 9.16. The summed E-state index contributed by atoms with van der Waals surface area (Å²) in [4.78, 5) is 0. The highest BCUT2D eigenvalue weighted by Gasteiger charge is 2.19. The maximum atomic E-state index is 6.19. The van der Waals surface area contributed by atoms with Crippen LogP contribution in [0.3, 0.4) is 0 Å². The fourth-order valence-electron chi connectivity index (χ4n) is 1.74. The summed E-state index contributed by atoms with van der Waals surface area (Å²) in [6, 6.07) is 9.57. The monoisotopic (exact) mass is 274 g/mol. The third-order valence-corrected chi connectivity index (χ3v) is 3.36. The summed E-state index contributed by atoms with van der Waals surface area (Å²) in [5.74, 6) is 0.780. The molecule has 0 amide bonds. The molecule has 0 bridgehead atoms. The lowest BCUT2D eigenvalue weighted by atomic mass is 10.2. The van der Waals surface area contributed by atoms with Crippen LogP contribution in [-0.4, -0.2) is 20.0 Å². The molecule has 5 nitrogen and oxygen atoms in total. The van der Waals surface area contributed by atoms with Gasteiger partial charge in [0.15, 0.2) is 5.69 Å². The molecule has 0 radical (unpaired) electrons. The van der Waals surface area contributed by atoms with Gasteiger partial charge in [-0.1, -0.05) is 29.8 Å². The maximum Gasteiger partial charge on any atom is 0.270 e. The Hall–Kier alpha value is -2.14. The van der Waals surface area contributed by atoms with Gasteiger partial charge in [-0.15, -0.1) is 10.2 Å². The van der Waals surface area contributed by atoms with E-state index < -0.39 is 0 Å². The first-order valence-corrected chi connectivity index (χ1v) is 6.13. The smallest absolute Gasteiger partial charge is 0.270 e. The van der Waals surface area contributed by atoms with Crippen molar-refractivity contribution in [1.82, 2.24) is 20.0 Å². The fraction of sp³-hybridized carbons (Fsp3) is 0.154. The van der Waals surface area contributed by atoms with Gasteiger partial charge in [0.25, 0.3) is 5.89 Å². The first-order valence-electron chi connectivity index (χ1n) is 5.75. The summed E-state index contributed by atoms with van der Waals surface area (Å²) < 4.78 is 7.31. The highest BCUT2D eigenvalue weighted by molar-refractivity contribution is 6.33. The van der Waals surface area contributed by atoms with Crippen LogP contribution in [0.5, 0.6) is 0 Å². The first kappa shape index (κ1) is 11.9. The molecule has 0 fully saturated rings. The quantitative estimate of drug-likeness (QED) is 0.720. The van der Waals surface area contributed by atoms with E-state index in [1.54, 1.807) is 4.68 Å². The topological polar surface area (TPSA) is 56.7 Å². The van der Waals surface area contributed by atoms with Crippen LogP contribution in [0.15, 0.2) is 34.7 Å². The van der Waals surface area contributed by atoms with E-state index in [0.717, 1.165) is 11.3 Å². The number of aromatic nitrogens is 4. The molecule has 2 heterocycles. The van der Waals surface area contributed by atoms with Crippen molar-refractivity contribution >= 4 is 11.6 Å². The van der Waals surface area contributed by atoms with Gasteiger partial charge in [-0.25, -0.2) is 0 Å². The molecule has 0 saturated heterocycles.